The van der Waals surface area contributed by atoms with Gasteiger partial charge >= 0.3 is 6.18 Å². The lowest BCUT2D eigenvalue weighted by molar-refractivity contribution is -0.136. The summed E-state index contributed by atoms with van der Waals surface area (Å²) < 4.78 is 42.2. The number of para-hydroxylation sites is 2. The first-order chi connectivity index (χ1) is 12.8. The maximum absolute atomic E-state index is 13.0. The molecule has 8 heteroatoms. The summed E-state index contributed by atoms with van der Waals surface area (Å²) in [5.74, 6) is 0. The molecule has 0 amide bonds. The standard InChI is InChI=1S/C19H17F3N4O/c1-13-17(25(2)26(18(13)27)14-8-4-3-5-9-14)12-23-24-16-11-7-6-10-15(16)19(20,21)22/h3-12,24H,1-2H3/b23-12-. The Morgan fingerprint density at radius 1 is 1.04 bits per heavy atom. The van der Waals surface area contributed by atoms with E-state index in [4.69, 9.17) is 0 Å². The predicted octanol–water partition coefficient (Wildman–Crippen LogP) is 3.95. The first-order valence-electron chi connectivity index (χ1n) is 8.10. The molecule has 0 saturated heterocycles. The molecule has 0 radical (unpaired) electrons. The number of anilines is 1. The summed E-state index contributed by atoms with van der Waals surface area (Å²) in [6, 6.07) is 14.1. The second-order valence-corrected chi connectivity index (χ2v) is 5.90. The van der Waals surface area contributed by atoms with Gasteiger partial charge in [-0.15, -0.1) is 0 Å². The van der Waals surface area contributed by atoms with E-state index in [2.05, 4.69) is 10.5 Å². The molecule has 0 aliphatic heterocycles. The summed E-state index contributed by atoms with van der Waals surface area (Å²) in [4.78, 5) is 12.5. The van der Waals surface area contributed by atoms with Crippen molar-refractivity contribution in [1.29, 1.82) is 0 Å². The lowest BCUT2D eigenvalue weighted by Crippen LogP contribution is -2.20. The maximum Gasteiger partial charge on any atom is 0.418 e. The second kappa shape index (κ2) is 7.14. The average Bonchev–Trinajstić information content (AvgIpc) is 2.85. The lowest BCUT2D eigenvalue weighted by atomic mass is 10.2. The number of benzene rings is 2. The fourth-order valence-corrected chi connectivity index (χ4v) is 2.79. The van der Waals surface area contributed by atoms with Crippen molar-refractivity contribution in [3.8, 4) is 5.69 Å². The molecule has 140 valence electrons. The number of hydrazone groups is 1. The van der Waals surface area contributed by atoms with E-state index >= 15 is 0 Å². The van der Waals surface area contributed by atoms with Crippen molar-refractivity contribution in [2.75, 3.05) is 5.43 Å². The molecule has 0 aliphatic carbocycles. The van der Waals surface area contributed by atoms with Crippen LogP contribution in [-0.4, -0.2) is 15.6 Å². The van der Waals surface area contributed by atoms with Crippen LogP contribution in [0.15, 0.2) is 64.5 Å². The van der Waals surface area contributed by atoms with Gasteiger partial charge in [-0.3, -0.25) is 14.9 Å². The number of nitrogens with zero attached hydrogens (tertiary/aromatic N) is 3. The number of rotatable bonds is 4. The van der Waals surface area contributed by atoms with Crippen molar-refractivity contribution in [3.63, 3.8) is 0 Å². The number of alkyl halides is 3. The molecule has 0 unspecified atom stereocenters. The SMILES string of the molecule is Cc1c(/C=N\Nc2ccccc2C(F)(F)F)n(C)n(-c2ccccc2)c1=O. The first kappa shape index (κ1) is 18.5. The minimum Gasteiger partial charge on any atom is -0.279 e. The fourth-order valence-electron chi connectivity index (χ4n) is 2.79. The monoisotopic (exact) mass is 374 g/mol. The van der Waals surface area contributed by atoms with Crippen molar-refractivity contribution < 1.29 is 13.2 Å². The molecule has 27 heavy (non-hydrogen) atoms. The number of hydrogen-bond acceptors (Lipinski definition) is 3. The summed E-state index contributed by atoms with van der Waals surface area (Å²) in [5, 5.41) is 3.91. The van der Waals surface area contributed by atoms with Crippen LogP contribution in [0.2, 0.25) is 0 Å². The minimum atomic E-state index is -4.49. The second-order valence-electron chi connectivity index (χ2n) is 5.90. The Morgan fingerprint density at radius 3 is 2.33 bits per heavy atom. The molecule has 3 aromatic rings. The van der Waals surface area contributed by atoms with Crippen LogP contribution in [0.3, 0.4) is 0 Å². The van der Waals surface area contributed by atoms with E-state index in [0.29, 0.717) is 16.9 Å². The van der Waals surface area contributed by atoms with Gasteiger partial charge in [-0.2, -0.15) is 18.3 Å². The molecular formula is C19H17F3N4O. The van der Waals surface area contributed by atoms with E-state index in [0.717, 1.165) is 6.07 Å². The van der Waals surface area contributed by atoms with Gasteiger partial charge in [0.2, 0.25) is 0 Å². The third-order valence-corrected chi connectivity index (χ3v) is 4.15. The summed E-state index contributed by atoms with van der Waals surface area (Å²) in [6.07, 6.45) is -3.15. The highest BCUT2D eigenvalue weighted by molar-refractivity contribution is 5.80. The van der Waals surface area contributed by atoms with E-state index in [-0.39, 0.29) is 11.2 Å². The van der Waals surface area contributed by atoms with Gasteiger partial charge in [0.25, 0.3) is 5.56 Å². The summed E-state index contributed by atoms with van der Waals surface area (Å²) in [6.45, 7) is 1.65. The smallest absolute Gasteiger partial charge is 0.279 e. The van der Waals surface area contributed by atoms with Gasteiger partial charge in [-0.1, -0.05) is 30.3 Å². The van der Waals surface area contributed by atoms with Gasteiger partial charge in [-0.25, -0.2) is 4.68 Å². The van der Waals surface area contributed by atoms with Crippen molar-refractivity contribution in [2.24, 2.45) is 12.1 Å². The van der Waals surface area contributed by atoms with Crippen molar-refractivity contribution in [2.45, 2.75) is 13.1 Å². The Balaban J connectivity index is 1.93. The summed E-state index contributed by atoms with van der Waals surface area (Å²) in [7, 11) is 1.69. The zero-order valence-electron chi connectivity index (χ0n) is 14.7. The highest BCUT2D eigenvalue weighted by Gasteiger charge is 2.33. The molecule has 0 bridgehead atoms. The topological polar surface area (TPSA) is 51.3 Å². The van der Waals surface area contributed by atoms with Crippen molar-refractivity contribution >= 4 is 11.9 Å². The highest BCUT2D eigenvalue weighted by Crippen LogP contribution is 2.34. The summed E-state index contributed by atoms with van der Waals surface area (Å²) in [5.41, 5.74) is 2.83. The Bertz CT molecular complexity index is 1030. The predicted molar refractivity (Wildman–Crippen MR) is 98.4 cm³/mol. The molecule has 0 spiro atoms. The van der Waals surface area contributed by atoms with Gasteiger partial charge < -0.3 is 0 Å². The van der Waals surface area contributed by atoms with Crippen LogP contribution >= 0.6 is 0 Å². The maximum atomic E-state index is 13.0. The fraction of sp³-hybridized carbons (Fsp3) is 0.158. The summed E-state index contributed by atoms with van der Waals surface area (Å²) >= 11 is 0. The van der Waals surface area contributed by atoms with E-state index in [1.54, 1.807) is 30.8 Å². The number of halogens is 3. The quantitative estimate of drug-likeness (QED) is 0.555. The van der Waals surface area contributed by atoms with E-state index in [9.17, 15) is 18.0 Å². The molecule has 3 rings (SSSR count). The van der Waals surface area contributed by atoms with Crippen LogP contribution in [0.5, 0.6) is 0 Å². The van der Waals surface area contributed by atoms with Crippen molar-refractivity contribution in [1.82, 2.24) is 9.36 Å². The lowest BCUT2D eigenvalue weighted by Gasteiger charge is -2.11. The number of aromatic nitrogens is 2. The molecule has 1 heterocycles. The van der Waals surface area contributed by atoms with Gasteiger partial charge in [0.05, 0.1) is 28.8 Å². The molecule has 2 aromatic carbocycles. The Morgan fingerprint density at radius 2 is 1.67 bits per heavy atom. The van der Waals surface area contributed by atoms with E-state index < -0.39 is 11.7 Å². The van der Waals surface area contributed by atoms with Crippen LogP contribution in [0, 0.1) is 6.92 Å². The molecule has 5 nitrogen and oxygen atoms in total. The van der Waals surface area contributed by atoms with Crippen molar-refractivity contribution in [3.05, 3.63) is 81.8 Å². The molecule has 0 saturated carbocycles. The van der Waals surface area contributed by atoms with Gasteiger partial charge in [-0.05, 0) is 31.2 Å². The van der Waals surface area contributed by atoms with Crippen LogP contribution < -0.4 is 11.0 Å². The van der Waals surface area contributed by atoms with E-state index in [1.807, 2.05) is 18.2 Å². The van der Waals surface area contributed by atoms with E-state index in [1.165, 1.54) is 29.1 Å². The minimum absolute atomic E-state index is 0.161. The van der Waals surface area contributed by atoms with Crippen LogP contribution in [0.25, 0.3) is 5.69 Å². The number of nitrogens with one attached hydrogen (secondary N) is 1. The highest BCUT2D eigenvalue weighted by atomic mass is 19.4. The van der Waals surface area contributed by atoms with Gasteiger partial charge in [0.15, 0.2) is 0 Å². The zero-order chi connectivity index (χ0) is 19.6. The molecule has 1 N–H and O–H groups in total. The average molecular weight is 374 g/mol. The van der Waals surface area contributed by atoms with Gasteiger partial charge in [0.1, 0.15) is 0 Å². The molecular weight excluding hydrogens is 357 g/mol. The number of hydrogen-bond donors (Lipinski definition) is 1. The van der Waals surface area contributed by atoms with Gasteiger partial charge in [0, 0.05) is 12.6 Å². The van der Waals surface area contributed by atoms with Crippen LogP contribution in [-0.2, 0) is 13.2 Å². The van der Waals surface area contributed by atoms with Crippen LogP contribution in [0.1, 0.15) is 16.8 Å². The normalized spacial score (nSPS) is 11.9. The first-order valence-corrected chi connectivity index (χ1v) is 8.10. The zero-order valence-corrected chi connectivity index (χ0v) is 14.7. The Kier molecular flexibility index (Phi) is 4.89. The van der Waals surface area contributed by atoms with Crippen LogP contribution in [0.4, 0.5) is 18.9 Å². The third-order valence-electron chi connectivity index (χ3n) is 4.15. The largest absolute Gasteiger partial charge is 0.418 e. The Labute approximate surface area is 153 Å². The molecule has 1 aromatic heterocycles. The Hall–Kier alpha value is -3.29. The molecule has 0 atom stereocenters. The molecule has 0 fully saturated rings. The third kappa shape index (κ3) is 3.64. The molecule has 0 aliphatic rings.